The number of halogens is 1. The van der Waals surface area contributed by atoms with Crippen molar-refractivity contribution in [3.05, 3.63) is 59.9 Å². The van der Waals surface area contributed by atoms with Crippen molar-refractivity contribution in [2.45, 2.75) is 16.8 Å². The van der Waals surface area contributed by atoms with Crippen LogP contribution in [0.15, 0.2) is 62.9 Å². The van der Waals surface area contributed by atoms with Crippen LogP contribution in [0.3, 0.4) is 0 Å². The lowest BCUT2D eigenvalue weighted by molar-refractivity contribution is 0.0398. The summed E-state index contributed by atoms with van der Waals surface area (Å²) < 4.78 is 50.9. The summed E-state index contributed by atoms with van der Waals surface area (Å²) in [4.78, 5) is 6.48. The molecule has 4 rings (SSSR count). The van der Waals surface area contributed by atoms with Crippen molar-refractivity contribution >= 4 is 15.7 Å². The number of nitrogens with one attached hydrogen (secondary N) is 1. The predicted molar refractivity (Wildman–Crippen MR) is 114 cm³/mol. The summed E-state index contributed by atoms with van der Waals surface area (Å²) in [5.74, 6) is -0.231. The minimum absolute atomic E-state index is 0.0473. The van der Waals surface area contributed by atoms with E-state index in [4.69, 9.17) is 9.15 Å². The van der Waals surface area contributed by atoms with E-state index in [0.717, 1.165) is 30.8 Å². The predicted octanol–water partition coefficient (Wildman–Crippen LogP) is 3.37. The Morgan fingerprint density at radius 1 is 1.06 bits per heavy atom. The Bertz CT molecular complexity index is 1120. The highest BCUT2D eigenvalue weighted by atomic mass is 32.2. The zero-order valence-corrected chi connectivity index (χ0v) is 18.0. The van der Waals surface area contributed by atoms with Gasteiger partial charge in [0, 0.05) is 31.7 Å². The number of benzene rings is 2. The molecule has 1 fully saturated rings. The summed E-state index contributed by atoms with van der Waals surface area (Å²) in [6.07, 6.45) is 0. The van der Waals surface area contributed by atoms with Gasteiger partial charge in [-0.05, 0) is 43.3 Å². The molecule has 2 heterocycles. The first-order valence-electron chi connectivity index (χ1n) is 10.1. The molecular formula is C22H24FN3O4S. The topological polar surface area (TPSA) is 84.7 Å². The van der Waals surface area contributed by atoms with Gasteiger partial charge in [-0.15, -0.1) is 0 Å². The van der Waals surface area contributed by atoms with Crippen LogP contribution >= 0.6 is 0 Å². The van der Waals surface area contributed by atoms with E-state index in [-0.39, 0.29) is 21.7 Å². The van der Waals surface area contributed by atoms with Gasteiger partial charge >= 0.3 is 0 Å². The molecule has 9 heteroatoms. The lowest BCUT2D eigenvalue weighted by Gasteiger charge is -2.26. The second-order valence-corrected chi connectivity index (χ2v) is 9.22. The number of hydrogen-bond acceptors (Lipinski definition) is 7. The molecule has 0 spiro atoms. The summed E-state index contributed by atoms with van der Waals surface area (Å²) in [5, 5.41) is 2.87. The maximum absolute atomic E-state index is 13.3. The molecule has 1 N–H and O–H groups in total. The Kier molecular flexibility index (Phi) is 6.35. The number of aryl methyl sites for hydroxylation is 1. The molecule has 0 amide bonds. The van der Waals surface area contributed by atoms with Crippen molar-refractivity contribution < 1.29 is 22.0 Å². The number of ether oxygens (including phenoxy) is 1. The quantitative estimate of drug-likeness (QED) is 0.558. The summed E-state index contributed by atoms with van der Waals surface area (Å²) in [7, 11) is -4.00. The Balaban J connectivity index is 1.64. The van der Waals surface area contributed by atoms with Crippen molar-refractivity contribution in [1.82, 2.24) is 9.88 Å². The molecule has 164 valence electrons. The third-order valence-electron chi connectivity index (χ3n) is 5.09. The number of morpholine rings is 1. The van der Waals surface area contributed by atoms with Crippen LogP contribution in [0.4, 0.5) is 10.3 Å². The Morgan fingerprint density at radius 2 is 1.74 bits per heavy atom. The minimum Gasteiger partial charge on any atom is -0.419 e. The number of nitrogens with zero attached hydrogens (tertiary/aromatic N) is 2. The van der Waals surface area contributed by atoms with E-state index >= 15 is 0 Å². The molecule has 3 aromatic rings. The van der Waals surface area contributed by atoms with Crippen LogP contribution in [0, 0.1) is 12.7 Å². The van der Waals surface area contributed by atoms with Gasteiger partial charge in [0.15, 0.2) is 0 Å². The second-order valence-electron chi connectivity index (χ2n) is 7.36. The third-order valence-corrected chi connectivity index (χ3v) is 6.77. The zero-order chi connectivity index (χ0) is 21.8. The van der Waals surface area contributed by atoms with Crippen LogP contribution < -0.4 is 5.32 Å². The highest BCUT2D eigenvalue weighted by Gasteiger charge is 2.28. The van der Waals surface area contributed by atoms with Crippen LogP contribution in [0.1, 0.15) is 5.56 Å². The molecule has 1 saturated heterocycles. The van der Waals surface area contributed by atoms with Gasteiger partial charge in [0.2, 0.25) is 26.6 Å². The average Bonchev–Trinajstić information content (AvgIpc) is 3.20. The maximum atomic E-state index is 13.3. The monoisotopic (exact) mass is 445 g/mol. The average molecular weight is 446 g/mol. The van der Waals surface area contributed by atoms with Crippen LogP contribution in [0.2, 0.25) is 0 Å². The molecule has 31 heavy (non-hydrogen) atoms. The highest BCUT2D eigenvalue weighted by molar-refractivity contribution is 7.91. The third kappa shape index (κ3) is 4.95. The number of rotatable bonds is 7. The van der Waals surface area contributed by atoms with E-state index in [2.05, 4.69) is 15.2 Å². The molecular weight excluding hydrogens is 421 g/mol. The van der Waals surface area contributed by atoms with E-state index < -0.39 is 15.7 Å². The summed E-state index contributed by atoms with van der Waals surface area (Å²) in [5.41, 5.74) is 1.74. The van der Waals surface area contributed by atoms with Gasteiger partial charge in [-0.3, -0.25) is 4.90 Å². The first-order valence-corrected chi connectivity index (χ1v) is 11.5. The standard InChI is InChI=1S/C22H24FN3O4S/c1-16-2-4-17(5-3-16)20-25-22(31(27,28)19-8-6-18(23)7-9-19)21(30-20)24-10-11-26-12-14-29-15-13-26/h2-9,24H,10-15H2,1H3. The molecule has 7 nitrogen and oxygen atoms in total. The molecule has 0 aliphatic carbocycles. The lowest BCUT2D eigenvalue weighted by atomic mass is 10.1. The van der Waals surface area contributed by atoms with Crippen LogP contribution in [-0.2, 0) is 14.6 Å². The highest BCUT2D eigenvalue weighted by Crippen LogP contribution is 2.32. The van der Waals surface area contributed by atoms with Gasteiger partial charge in [0.1, 0.15) is 5.82 Å². The van der Waals surface area contributed by atoms with Crippen LogP contribution in [0.5, 0.6) is 0 Å². The van der Waals surface area contributed by atoms with Crippen LogP contribution in [-0.4, -0.2) is 57.7 Å². The molecule has 0 bridgehead atoms. The van der Waals surface area contributed by atoms with Gasteiger partial charge in [-0.1, -0.05) is 17.7 Å². The molecule has 0 radical (unpaired) electrons. The molecule has 0 atom stereocenters. The fraction of sp³-hybridized carbons (Fsp3) is 0.318. The Labute approximate surface area is 180 Å². The van der Waals surface area contributed by atoms with E-state index in [9.17, 15) is 12.8 Å². The van der Waals surface area contributed by atoms with Gasteiger partial charge < -0.3 is 14.5 Å². The smallest absolute Gasteiger partial charge is 0.233 e. The number of hydrogen-bond donors (Lipinski definition) is 1. The Morgan fingerprint density at radius 3 is 2.42 bits per heavy atom. The molecule has 1 aliphatic heterocycles. The van der Waals surface area contributed by atoms with E-state index in [0.29, 0.717) is 31.9 Å². The Hall–Kier alpha value is -2.75. The number of anilines is 1. The van der Waals surface area contributed by atoms with E-state index in [1.807, 2.05) is 31.2 Å². The van der Waals surface area contributed by atoms with Crippen molar-refractivity contribution in [3.8, 4) is 11.5 Å². The summed E-state index contributed by atoms with van der Waals surface area (Å²) in [6.45, 7) is 6.17. The number of sulfone groups is 1. The molecule has 1 aromatic heterocycles. The number of aromatic nitrogens is 1. The minimum atomic E-state index is -4.00. The maximum Gasteiger partial charge on any atom is 0.233 e. The summed E-state index contributed by atoms with van der Waals surface area (Å²) in [6, 6.07) is 12.1. The van der Waals surface area contributed by atoms with Crippen molar-refractivity contribution in [1.29, 1.82) is 0 Å². The fourth-order valence-corrected chi connectivity index (χ4v) is 4.58. The summed E-state index contributed by atoms with van der Waals surface area (Å²) >= 11 is 0. The first-order chi connectivity index (χ1) is 14.9. The van der Waals surface area contributed by atoms with E-state index in [1.165, 1.54) is 12.1 Å². The SMILES string of the molecule is Cc1ccc(-c2nc(S(=O)(=O)c3ccc(F)cc3)c(NCCN3CCOCC3)o2)cc1. The number of oxazole rings is 1. The van der Waals surface area contributed by atoms with Crippen LogP contribution in [0.25, 0.3) is 11.5 Å². The fourth-order valence-electron chi connectivity index (χ4n) is 3.30. The van der Waals surface area contributed by atoms with Crippen molar-refractivity contribution in [3.63, 3.8) is 0 Å². The van der Waals surface area contributed by atoms with Crippen molar-refractivity contribution in [2.75, 3.05) is 44.7 Å². The molecule has 0 saturated carbocycles. The van der Waals surface area contributed by atoms with Gasteiger partial charge in [0.05, 0.1) is 18.1 Å². The van der Waals surface area contributed by atoms with Gasteiger partial charge in [-0.2, -0.15) is 4.98 Å². The molecule has 1 aliphatic rings. The molecule has 0 unspecified atom stereocenters. The first kappa shape index (κ1) is 21.5. The zero-order valence-electron chi connectivity index (χ0n) is 17.2. The second kappa shape index (κ2) is 9.17. The molecule has 2 aromatic carbocycles. The lowest BCUT2D eigenvalue weighted by Crippen LogP contribution is -2.39. The van der Waals surface area contributed by atoms with Crippen molar-refractivity contribution in [2.24, 2.45) is 0 Å². The largest absolute Gasteiger partial charge is 0.419 e. The normalized spacial score (nSPS) is 15.2. The van der Waals surface area contributed by atoms with E-state index in [1.54, 1.807) is 0 Å². The van der Waals surface area contributed by atoms with Gasteiger partial charge in [-0.25, -0.2) is 12.8 Å². The van der Waals surface area contributed by atoms with Gasteiger partial charge in [0.25, 0.3) is 0 Å².